The van der Waals surface area contributed by atoms with Crippen LogP contribution in [0.5, 0.6) is 5.75 Å². The van der Waals surface area contributed by atoms with Gasteiger partial charge < -0.3 is 4.74 Å². The zero-order chi connectivity index (χ0) is 30.4. The Labute approximate surface area is 244 Å². The molecule has 5 aromatic rings. The van der Waals surface area contributed by atoms with Crippen LogP contribution in [0.3, 0.4) is 0 Å². The molecular formula is C36H24F6O. The van der Waals surface area contributed by atoms with Crippen LogP contribution in [0.25, 0.3) is 28.0 Å². The Morgan fingerprint density at radius 3 is 1.77 bits per heavy atom. The molecule has 1 aliphatic carbocycles. The van der Waals surface area contributed by atoms with Gasteiger partial charge in [-0.2, -0.15) is 26.3 Å². The molecule has 0 spiro atoms. The van der Waals surface area contributed by atoms with Crippen LogP contribution in [0, 0.1) is 0 Å². The third-order valence-electron chi connectivity index (χ3n) is 8.69. The number of rotatable bonds is 2. The van der Waals surface area contributed by atoms with Crippen LogP contribution in [0.4, 0.5) is 26.3 Å². The molecule has 0 atom stereocenters. The highest BCUT2D eigenvalue weighted by Gasteiger charge is 2.45. The SMILES string of the molecule is CC1(C)c2cc(C(F)(F)F)ccc2-c2c1c1c(c3cc(C(F)(F)F)ccc23)OC(c2ccccc2)(c2ccccc2)C=C1. The highest BCUT2D eigenvalue weighted by molar-refractivity contribution is 6.08. The van der Waals surface area contributed by atoms with E-state index in [0.29, 0.717) is 27.6 Å². The van der Waals surface area contributed by atoms with Crippen molar-refractivity contribution in [3.63, 3.8) is 0 Å². The molecule has 1 nitrogen and oxygen atoms in total. The van der Waals surface area contributed by atoms with E-state index in [4.69, 9.17) is 4.74 Å². The molecule has 216 valence electrons. The predicted octanol–water partition coefficient (Wildman–Crippen LogP) is 10.5. The molecule has 0 unspecified atom stereocenters. The topological polar surface area (TPSA) is 9.23 Å². The molecule has 7 heteroatoms. The van der Waals surface area contributed by atoms with Crippen LogP contribution in [0.1, 0.15) is 52.8 Å². The predicted molar refractivity (Wildman–Crippen MR) is 155 cm³/mol. The summed E-state index contributed by atoms with van der Waals surface area (Å²) in [5.41, 5.74) is 0.802. The van der Waals surface area contributed by atoms with E-state index in [0.717, 1.165) is 41.0 Å². The number of halogens is 6. The van der Waals surface area contributed by atoms with Gasteiger partial charge in [0.25, 0.3) is 0 Å². The van der Waals surface area contributed by atoms with Gasteiger partial charge in [-0.1, -0.05) is 92.7 Å². The van der Waals surface area contributed by atoms with Gasteiger partial charge in [0.2, 0.25) is 0 Å². The van der Waals surface area contributed by atoms with E-state index in [1.807, 2.05) is 86.7 Å². The summed E-state index contributed by atoms with van der Waals surface area (Å²) in [4.78, 5) is 0. The van der Waals surface area contributed by atoms with Crippen molar-refractivity contribution in [1.29, 1.82) is 0 Å². The van der Waals surface area contributed by atoms with Crippen molar-refractivity contribution in [2.45, 2.75) is 37.2 Å². The highest BCUT2D eigenvalue weighted by atomic mass is 19.4. The first kappa shape index (κ1) is 27.3. The average molecular weight is 587 g/mol. The van der Waals surface area contributed by atoms with Crippen LogP contribution in [-0.2, 0) is 23.4 Å². The molecule has 0 fully saturated rings. The molecule has 0 bridgehead atoms. The van der Waals surface area contributed by atoms with Gasteiger partial charge in [0.1, 0.15) is 5.75 Å². The summed E-state index contributed by atoms with van der Waals surface area (Å²) in [5.74, 6) is 0.256. The second-order valence-electron chi connectivity index (χ2n) is 11.5. The van der Waals surface area contributed by atoms with Gasteiger partial charge in [0.05, 0.1) is 11.1 Å². The fraction of sp³-hybridized carbons (Fsp3) is 0.167. The maximum Gasteiger partial charge on any atom is 0.416 e. The number of fused-ring (bicyclic) bond motifs is 8. The molecule has 1 aliphatic heterocycles. The molecule has 1 heterocycles. The summed E-state index contributed by atoms with van der Waals surface area (Å²) in [6, 6.07) is 25.9. The molecule has 7 rings (SSSR count). The van der Waals surface area contributed by atoms with Crippen LogP contribution >= 0.6 is 0 Å². The Morgan fingerprint density at radius 1 is 0.628 bits per heavy atom. The van der Waals surface area contributed by atoms with Crippen LogP contribution in [-0.4, -0.2) is 0 Å². The lowest BCUT2D eigenvalue weighted by Gasteiger charge is -2.38. The second-order valence-corrected chi connectivity index (χ2v) is 11.5. The molecule has 5 aromatic carbocycles. The number of hydrogen-bond donors (Lipinski definition) is 0. The fourth-order valence-corrected chi connectivity index (χ4v) is 6.69. The second kappa shape index (κ2) is 8.99. The van der Waals surface area contributed by atoms with Gasteiger partial charge in [0, 0.05) is 27.5 Å². The first-order valence-electron chi connectivity index (χ1n) is 13.8. The maximum atomic E-state index is 14.1. The standard InChI is InChI=1S/C36H24F6O/c1-33(2)29-20-24(36(40,41)42)14-16-26(29)30-25-15-13-23(35(37,38)39)19-28(25)32-27(31(30)33)17-18-34(43-32,21-9-5-3-6-10-21)22-11-7-4-8-12-22/h3-20H,1-2H3. The summed E-state index contributed by atoms with van der Waals surface area (Å²) < 4.78 is 90.5. The van der Waals surface area contributed by atoms with Crippen molar-refractivity contribution >= 4 is 16.8 Å². The fourth-order valence-electron chi connectivity index (χ4n) is 6.69. The van der Waals surface area contributed by atoms with E-state index >= 15 is 0 Å². The van der Waals surface area contributed by atoms with E-state index in [9.17, 15) is 26.3 Å². The van der Waals surface area contributed by atoms with Gasteiger partial charge in [-0.25, -0.2) is 0 Å². The lowest BCUT2D eigenvalue weighted by Crippen LogP contribution is -2.35. The van der Waals surface area contributed by atoms with E-state index in [1.54, 1.807) is 0 Å². The Bertz CT molecular complexity index is 1890. The molecular weight excluding hydrogens is 562 g/mol. The molecule has 0 N–H and O–H groups in total. The van der Waals surface area contributed by atoms with Crippen LogP contribution in [0.2, 0.25) is 0 Å². The molecule has 0 saturated carbocycles. The maximum absolute atomic E-state index is 14.1. The highest BCUT2D eigenvalue weighted by Crippen LogP contribution is 2.59. The minimum absolute atomic E-state index is 0.243. The van der Waals surface area contributed by atoms with E-state index in [1.165, 1.54) is 12.1 Å². The quantitative estimate of drug-likeness (QED) is 0.187. The molecule has 0 radical (unpaired) electrons. The van der Waals surface area contributed by atoms with Crippen molar-refractivity contribution in [2.24, 2.45) is 0 Å². The molecule has 0 saturated heterocycles. The average Bonchev–Trinajstić information content (AvgIpc) is 3.23. The zero-order valence-electron chi connectivity index (χ0n) is 23.1. The van der Waals surface area contributed by atoms with Crippen molar-refractivity contribution in [3.8, 4) is 16.9 Å². The third-order valence-corrected chi connectivity index (χ3v) is 8.69. The minimum atomic E-state index is -4.61. The first-order valence-corrected chi connectivity index (χ1v) is 13.8. The van der Waals surface area contributed by atoms with Crippen molar-refractivity contribution in [2.75, 3.05) is 0 Å². The van der Waals surface area contributed by atoms with Crippen molar-refractivity contribution < 1.29 is 31.1 Å². The van der Waals surface area contributed by atoms with Gasteiger partial charge in [-0.05, 0) is 58.0 Å². The van der Waals surface area contributed by atoms with E-state index in [-0.39, 0.29) is 11.1 Å². The monoisotopic (exact) mass is 586 g/mol. The third kappa shape index (κ3) is 4.01. The van der Waals surface area contributed by atoms with Crippen molar-refractivity contribution in [1.82, 2.24) is 0 Å². The normalized spacial score (nSPS) is 16.4. The zero-order valence-corrected chi connectivity index (χ0v) is 23.1. The molecule has 0 aromatic heterocycles. The number of ether oxygens (including phenoxy) is 1. The van der Waals surface area contributed by atoms with Gasteiger partial charge in [-0.3, -0.25) is 0 Å². The molecule has 2 aliphatic rings. The summed E-state index contributed by atoms with van der Waals surface area (Å²) in [6.07, 6.45) is -5.41. The molecule has 43 heavy (non-hydrogen) atoms. The number of hydrogen-bond acceptors (Lipinski definition) is 1. The summed E-state index contributed by atoms with van der Waals surface area (Å²) >= 11 is 0. The van der Waals surface area contributed by atoms with E-state index < -0.39 is 34.5 Å². The summed E-state index contributed by atoms with van der Waals surface area (Å²) in [5, 5.41) is 0.728. The smallest absolute Gasteiger partial charge is 0.416 e. The van der Waals surface area contributed by atoms with Crippen LogP contribution < -0.4 is 4.74 Å². The van der Waals surface area contributed by atoms with Crippen molar-refractivity contribution in [3.05, 3.63) is 142 Å². The van der Waals surface area contributed by atoms with Gasteiger partial charge in [0.15, 0.2) is 5.60 Å². The number of benzene rings is 5. The summed E-state index contributed by atoms with van der Waals surface area (Å²) in [7, 11) is 0. The van der Waals surface area contributed by atoms with Gasteiger partial charge in [-0.15, -0.1) is 0 Å². The van der Waals surface area contributed by atoms with Crippen LogP contribution in [0.15, 0.2) is 103 Å². The first-order chi connectivity index (χ1) is 20.3. The Balaban J connectivity index is 1.58. The Morgan fingerprint density at radius 2 is 1.19 bits per heavy atom. The number of alkyl halides is 6. The Kier molecular flexibility index (Phi) is 5.71. The lowest BCUT2D eigenvalue weighted by atomic mass is 9.76. The van der Waals surface area contributed by atoms with E-state index in [2.05, 4.69) is 0 Å². The Hall–Kier alpha value is -4.52. The van der Waals surface area contributed by atoms with Gasteiger partial charge >= 0.3 is 12.4 Å². The lowest BCUT2D eigenvalue weighted by molar-refractivity contribution is -0.138. The minimum Gasteiger partial charge on any atom is -0.472 e. The molecule has 0 amide bonds. The summed E-state index contributed by atoms with van der Waals surface area (Å²) in [6.45, 7) is 3.69. The largest absolute Gasteiger partial charge is 0.472 e.